The standard InChI is InChI=1S/C10H20N4O/c1-5-10(2,3)14(4)9-13-12-8(15-9)6-7-11/h5-7,11H2,1-4H3. The maximum atomic E-state index is 5.50. The summed E-state index contributed by atoms with van der Waals surface area (Å²) in [6, 6.07) is 0.560. The molecule has 0 bridgehead atoms. The number of anilines is 1. The fraction of sp³-hybridized carbons (Fsp3) is 0.800. The zero-order valence-electron chi connectivity index (χ0n) is 9.95. The van der Waals surface area contributed by atoms with E-state index in [0.717, 1.165) is 6.42 Å². The normalized spacial score (nSPS) is 11.8. The second-order valence-electron chi connectivity index (χ2n) is 4.24. The van der Waals surface area contributed by atoms with Crippen LogP contribution in [-0.4, -0.2) is 29.3 Å². The topological polar surface area (TPSA) is 68.2 Å². The molecule has 0 spiro atoms. The maximum Gasteiger partial charge on any atom is 0.318 e. The highest BCUT2D eigenvalue weighted by Gasteiger charge is 2.25. The number of aromatic nitrogens is 2. The van der Waals surface area contributed by atoms with Gasteiger partial charge in [-0.25, -0.2) is 0 Å². The third kappa shape index (κ3) is 2.68. The Morgan fingerprint density at radius 2 is 2.07 bits per heavy atom. The first-order valence-corrected chi connectivity index (χ1v) is 5.27. The third-order valence-corrected chi connectivity index (χ3v) is 2.87. The van der Waals surface area contributed by atoms with Crippen LogP contribution in [0.25, 0.3) is 0 Å². The van der Waals surface area contributed by atoms with Gasteiger partial charge in [-0.3, -0.25) is 0 Å². The molecule has 1 heterocycles. The molecule has 0 unspecified atom stereocenters. The second-order valence-corrected chi connectivity index (χ2v) is 4.24. The van der Waals surface area contributed by atoms with Gasteiger partial charge >= 0.3 is 6.01 Å². The molecule has 0 aliphatic carbocycles. The van der Waals surface area contributed by atoms with Gasteiger partial charge < -0.3 is 15.1 Å². The fourth-order valence-corrected chi connectivity index (χ4v) is 1.10. The summed E-state index contributed by atoms with van der Waals surface area (Å²) in [5.74, 6) is 0.603. The number of nitrogens with two attached hydrogens (primary N) is 1. The summed E-state index contributed by atoms with van der Waals surface area (Å²) in [4.78, 5) is 2.00. The van der Waals surface area contributed by atoms with Crippen molar-refractivity contribution in [1.29, 1.82) is 0 Å². The largest absolute Gasteiger partial charge is 0.408 e. The predicted octanol–water partition coefficient (Wildman–Crippen LogP) is 1.20. The molecule has 1 aromatic rings. The summed E-state index contributed by atoms with van der Waals surface area (Å²) < 4.78 is 5.50. The summed E-state index contributed by atoms with van der Waals surface area (Å²) in [6.45, 7) is 6.94. The van der Waals surface area contributed by atoms with Gasteiger partial charge in [-0.1, -0.05) is 12.0 Å². The molecule has 2 N–H and O–H groups in total. The van der Waals surface area contributed by atoms with Gasteiger partial charge in [0.15, 0.2) is 0 Å². The van der Waals surface area contributed by atoms with E-state index in [0.29, 0.717) is 24.9 Å². The highest BCUT2D eigenvalue weighted by atomic mass is 16.4. The van der Waals surface area contributed by atoms with E-state index in [9.17, 15) is 0 Å². The monoisotopic (exact) mass is 212 g/mol. The smallest absolute Gasteiger partial charge is 0.318 e. The molecule has 15 heavy (non-hydrogen) atoms. The molecule has 0 fully saturated rings. The van der Waals surface area contributed by atoms with Crippen LogP contribution in [0, 0.1) is 0 Å². The quantitative estimate of drug-likeness (QED) is 0.794. The van der Waals surface area contributed by atoms with Gasteiger partial charge in [0.1, 0.15) is 0 Å². The Kier molecular flexibility index (Phi) is 3.68. The van der Waals surface area contributed by atoms with Crippen molar-refractivity contribution in [3.63, 3.8) is 0 Å². The van der Waals surface area contributed by atoms with Gasteiger partial charge in [0, 0.05) is 25.6 Å². The lowest BCUT2D eigenvalue weighted by Crippen LogP contribution is -2.40. The second kappa shape index (κ2) is 4.61. The molecule has 0 atom stereocenters. The van der Waals surface area contributed by atoms with Crippen molar-refractivity contribution in [3.8, 4) is 0 Å². The number of hydrogen-bond donors (Lipinski definition) is 1. The van der Waals surface area contributed by atoms with Crippen LogP contribution in [0.15, 0.2) is 4.42 Å². The first kappa shape index (κ1) is 12.0. The Morgan fingerprint density at radius 1 is 1.40 bits per heavy atom. The summed E-state index contributed by atoms with van der Waals surface area (Å²) in [5, 5.41) is 7.94. The highest BCUT2D eigenvalue weighted by molar-refractivity contribution is 5.27. The molecule has 5 nitrogen and oxygen atoms in total. The highest BCUT2D eigenvalue weighted by Crippen LogP contribution is 2.23. The fourth-order valence-electron chi connectivity index (χ4n) is 1.10. The van der Waals surface area contributed by atoms with Crippen LogP contribution in [0.4, 0.5) is 6.01 Å². The molecule has 1 aromatic heterocycles. The Bertz CT molecular complexity index is 308. The first-order chi connectivity index (χ1) is 7.01. The maximum absolute atomic E-state index is 5.50. The number of nitrogens with zero attached hydrogens (tertiary/aromatic N) is 3. The van der Waals surface area contributed by atoms with Crippen molar-refractivity contribution in [3.05, 3.63) is 5.89 Å². The number of rotatable bonds is 5. The molecule has 0 aromatic carbocycles. The Morgan fingerprint density at radius 3 is 2.60 bits per heavy atom. The van der Waals surface area contributed by atoms with E-state index >= 15 is 0 Å². The van der Waals surface area contributed by atoms with E-state index in [4.69, 9.17) is 10.2 Å². The van der Waals surface area contributed by atoms with Gasteiger partial charge in [-0.15, -0.1) is 5.10 Å². The lowest BCUT2D eigenvalue weighted by atomic mass is 10.0. The SMILES string of the molecule is CCC(C)(C)N(C)c1nnc(CCN)o1. The molecule has 0 saturated carbocycles. The van der Waals surface area contributed by atoms with Crippen molar-refractivity contribution in [1.82, 2.24) is 10.2 Å². The van der Waals surface area contributed by atoms with Crippen LogP contribution >= 0.6 is 0 Å². The molecule has 1 rings (SSSR count). The Balaban J connectivity index is 2.78. The van der Waals surface area contributed by atoms with Crippen molar-refractivity contribution >= 4 is 6.01 Å². The lowest BCUT2D eigenvalue weighted by Gasteiger charge is -2.32. The minimum Gasteiger partial charge on any atom is -0.408 e. The van der Waals surface area contributed by atoms with Gasteiger partial charge in [0.25, 0.3) is 0 Å². The van der Waals surface area contributed by atoms with Crippen molar-refractivity contribution in [2.45, 2.75) is 39.2 Å². The zero-order valence-corrected chi connectivity index (χ0v) is 9.95. The van der Waals surface area contributed by atoms with Crippen LogP contribution in [0.5, 0.6) is 0 Å². The molecular formula is C10H20N4O. The average molecular weight is 212 g/mol. The van der Waals surface area contributed by atoms with E-state index in [1.165, 1.54) is 0 Å². The zero-order chi connectivity index (χ0) is 11.5. The van der Waals surface area contributed by atoms with Gasteiger partial charge in [-0.05, 0) is 20.3 Å². The van der Waals surface area contributed by atoms with E-state index in [2.05, 4.69) is 31.0 Å². The Hall–Kier alpha value is -1.10. The molecule has 0 radical (unpaired) electrons. The van der Waals surface area contributed by atoms with Crippen LogP contribution < -0.4 is 10.6 Å². The van der Waals surface area contributed by atoms with Gasteiger partial charge in [-0.2, -0.15) is 0 Å². The van der Waals surface area contributed by atoms with Crippen molar-refractivity contribution < 1.29 is 4.42 Å². The lowest BCUT2D eigenvalue weighted by molar-refractivity contribution is 0.412. The average Bonchev–Trinajstić information content (AvgIpc) is 2.66. The van der Waals surface area contributed by atoms with E-state index in [1.54, 1.807) is 0 Å². The molecule has 86 valence electrons. The first-order valence-electron chi connectivity index (χ1n) is 5.27. The van der Waals surface area contributed by atoms with Crippen LogP contribution in [-0.2, 0) is 6.42 Å². The molecule has 0 aliphatic rings. The molecular weight excluding hydrogens is 192 g/mol. The van der Waals surface area contributed by atoms with Crippen LogP contribution in [0.3, 0.4) is 0 Å². The number of hydrogen-bond acceptors (Lipinski definition) is 5. The minimum atomic E-state index is 0.0204. The predicted molar refractivity (Wildman–Crippen MR) is 59.8 cm³/mol. The molecule has 0 amide bonds. The Labute approximate surface area is 90.7 Å². The van der Waals surface area contributed by atoms with Gasteiger partial charge in [0.2, 0.25) is 5.89 Å². The molecule has 5 heteroatoms. The summed E-state index contributed by atoms with van der Waals surface area (Å²) >= 11 is 0. The summed E-state index contributed by atoms with van der Waals surface area (Å²) in [6.07, 6.45) is 1.64. The summed E-state index contributed by atoms with van der Waals surface area (Å²) in [5.41, 5.74) is 5.44. The molecule has 0 saturated heterocycles. The van der Waals surface area contributed by atoms with E-state index < -0.39 is 0 Å². The molecule has 0 aliphatic heterocycles. The van der Waals surface area contributed by atoms with Crippen molar-refractivity contribution in [2.75, 3.05) is 18.5 Å². The summed E-state index contributed by atoms with van der Waals surface area (Å²) in [7, 11) is 1.96. The van der Waals surface area contributed by atoms with Crippen molar-refractivity contribution in [2.24, 2.45) is 5.73 Å². The van der Waals surface area contributed by atoms with Crippen LogP contribution in [0.2, 0.25) is 0 Å². The third-order valence-electron chi connectivity index (χ3n) is 2.87. The van der Waals surface area contributed by atoms with E-state index in [1.807, 2.05) is 11.9 Å². The van der Waals surface area contributed by atoms with Crippen LogP contribution in [0.1, 0.15) is 33.1 Å². The minimum absolute atomic E-state index is 0.0204. The van der Waals surface area contributed by atoms with E-state index in [-0.39, 0.29) is 5.54 Å². The van der Waals surface area contributed by atoms with Gasteiger partial charge in [0.05, 0.1) is 0 Å².